The lowest BCUT2D eigenvalue weighted by Crippen LogP contribution is -2.41. The lowest BCUT2D eigenvalue weighted by molar-refractivity contribution is 0.00108. The average Bonchev–Trinajstić information content (AvgIpc) is 1.99. The molecule has 0 heterocycles. The van der Waals surface area contributed by atoms with Gasteiger partial charge in [0.15, 0.2) is 0 Å². The maximum atomic E-state index is 2.47. The summed E-state index contributed by atoms with van der Waals surface area (Å²) in [5.74, 6) is 5.20. The number of hydrogen-bond acceptors (Lipinski definition) is 0. The van der Waals surface area contributed by atoms with Gasteiger partial charge in [-0.25, -0.2) is 0 Å². The van der Waals surface area contributed by atoms with E-state index in [0.717, 1.165) is 29.6 Å². The zero-order valence-electron chi connectivity index (χ0n) is 8.01. The summed E-state index contributed by atoms with van der Waals surface area (Å²) in [7, 11) is 0. The minimum atomic E-state index is 1.01. The Morgan fingerprint density at radius 3 is 2.09 bits per heavy atom. The van der Waals surface area contributed by atoms with Crippen molar-refractivity contribution in [3.63, 3.8) is 0 Å². The molecule has 0 aromatic rings. The van der Waals surface area contributed by atoms with Gasteiger partial charge in [-0.1, -0.05) is 20.8 Å². The van der Waals surface area contributed by atoms with Crippen molar-refractivity contribution in [3.05, 3.63) is 0 Å². The first-order valence-corrected chi connectivity index (χ1v) is 5.20. The highest BCUT2D eigenvalue weighted by molar-refractivity contribution is 4.91. The summed E-state index contributed by atoms with van der Waals surface area (Å²) in [5.41, 5.74) is 0. The topological polar surface area (TPSA) is 0 Å². The van der Waals surface area contributed by atoms with Crippen LogP contribution >= 0.6 is 0 Å². The van der Waals surface area contributed by atoms with Crippen LogP contribution in [0.1, 0.15) is 40.0 Å². The van der Waals surface area contributed by atoms with E-state index >= 15 is 0 Å². The highest BCUT2D eigenvalue weighted by atomic mass is 14.5. The zero-order chi connectivity index (χ0) is 8.01. The molecule has 3 rings (SSSR count). The van der Waals surface area contributed by atoms with Crippen LogP contribution in [0, 0.1) is 29.6 Å². The molecule has 3 fully saturated rings. The van der Waals surface area contributed by atoms with E-state index in [1.807, 2.05) is 0 Å². The van der Waals surface area contributed by atoms with Crippen LogP contribution in [0.5, 0.6) is 0 Å². The Balaban J connectivity index is 2.16. The lowest BCUT2D eigenvalue weighted by atomic mass is 9.56. The van der Waals surface area contributed by atoms with Crippen molar-refractivity contribution in [2.24, 2.45) is 29.6 Å². The van der Waals surface area contributed by atoms with E-state index in [1.165, 1.54) is 19.3 Å². The Kier molecular flexibility index (Phi) is 1.74. The van der Waals surface area contributed by atoms with Crippen molar-refractivity contribution in [2.75, 3.05) is 0 Å². The van der Waals surface area contributed by atoms with E-state index in [9.17, 15) is 0 Å². The third kappa shape index (κ3) is 1.02. The van der Waals surface area contributed by atoms with Gasteiger partial charge in [-0.05, 0) is 48.9 Å². The summed E-state index contributed by atoms with van der Waals surface area (Å²) in [6, 6.07) is 0. The first kappa shape index (κ1) is 7.64. The summed E-state index contributed by atoms with van der Waals surface area (Å²) in [6.45, 7) is 7.39. The molecule has 0 spiro atoms. The van der Waals surface area contributed by atoms with Gasteiger partial charge in [0.2, 0.25) is 0 Å². The van der Waals surface area contributed by atoms with Gasteiger partial charge >= 0.3 is 0 Å². The molecule has 11 heavy (non-hydrogen) atoms. The van der Waals surface area contributed by atoms with E-state index < -0.39 is 0 Å². The summed E-state index contributed by atoms with van der Waals surface area (Å²) < 4.78 is 0. The molecule has 0 N–H and O–H groups in total. The maximum Gasteiger partial charge on any atom is -0.0360 e. The minimum Gasteiger partial charge on any atom is -0.0622 e. The van der Waals surface area contributed by atoms with Crippen LogP contribution in [0.2, 0.25) is 0 Å². The molecule has 3 saturated carbocycles. The summed E-state index contributed by atoms with van der Waals surface area (Å²) in [5, 5.41) is 0. The predicted molar refractivity (Wildman–Crippen MR) is 48.3 cm³/mol. The Morgan fingerprint density at radius 2 is 1.64 bits per heavy atom. The van der Waals surface area contributed by atoms with Crippen LogP contribution in [-0.2, 0) is 0 Å². The smallest absolute Gasteiger partial charge is 0.0360 e. The fourth-order valence-corrected chi connectivity index (χ4v) is 3.54. The van der Waals surface area contributed by atoms with E-state index in [2.05, 4.69) is 20.8 Å². The van der Waals surface area contributed by atoms with Crippen LogP contribution in [0.3, 0.4) is 0 Å². The molecule has 5 unspecified atom stereocenters. The van der Waals surface area contributed by atoms with Gasteiger partial charge in [-0.3, -0.25) is 0 Å². The molecule has 0 radical (unpaired) electrons. The highest BCUT2D eigenvalue weighted by Gasteiger charge is 2.42. The molecule has 2 bridgehead atoms. The van der Waals surface area contributed by atoms with Crippen molar-refractivity contribution < 1.29 is 0 Å². The fraction of sp³-hybridized carbons (Fsp3) is 1.00. The van der Waals surface area contributed by atoms with Gasteiger partial charge in [-0.15, -0.1) is 0 Å². The Hall–Kier alpha value is 0. The van der Waals surface area contributed by atoms with Gasteiger partial charge in [0.1, 0.15) is 0 Å². The fourth-order valence-electron chi connectivity index (χ4n) is 3.54. The average molecular weight is 152 g/mol. The Morgan fingerprint density at radius 1 is 0.909 bits per heavy atom. The molecule has 0 amide bonds. The number of rotatable bonds is 0. The molecule has 0 aromatic carbocycles. The van der Waals surface area contributed by atoms with Crippen LogP contribution < -0.4 is 0 Å². The second-order valence-corrected chi connectivity index (χ2v) is 4.93. The van der Waals surface area contributed by atoms with Crippen molar-refractivity contribution in [1.82, 2.24) is 0 Å². The van der Waals surface area contributed by atoms with E-state index in [1.54, 1.807) is 0 Å². The molecule has 3 aliphatic carbocycles. The van der Waals surface area contributed by atoms with Crippen LogP contribution in [0.15, 0.2) is 0 Å². The van der Waals surface area contributed by atoms with E-state index in [4.69, 9.17) is 0 Å². The normalized spacial score (nSPS) is 56.5. The molecule has 5 atom stereocenters. The third-order valence-electron chi connectivity index (χ3n) is 4.52. The SMILES string of the molecule is CC1CC2CCC1C(C)C2C. The Bertz CT molecular complexity index is 148. The maximum absolute atomic E-state index is 2.47. The molecule has 64 valence electrons. The second-order valence-electron chi connectivity index (χ2n) is 4.93. The predicted octanol–water partition coefficient (Wildman–Crippen LogP) is 3.32. The van der Waals surface area contributed by atoms with Crippen LogP contribution in [0.25, 0.3) is 0 Å². The van der Waals surface area contributed by atoms with Crippen molar-refractivity contribution in [3.8, 4) is 0 Å². The molecular formula is C11H20. The summed E-state index contributed by atoms with van der Waals surface area (Å²) >= 11 is 0. The summed E-state index contributed by atoms with van der Waals surface area (Å²) in [4.78, 5) is 0. The van der Waals surface area contributed by atoms with E-state index in [-0.39, 0.29) is 0 Å². The zero-order valence-corrected chi connectivity index (χ0v) is 8.01. The summed E-state index contributed by atoms with van der Waals surface area (Å²) in [6.07, 6.45) is 4.58. The molecule has 0 nitrogen and oxygen atoms in total. The molecule has 0 aliphatic heterocycles. The van der Waals surface area contributed by atoms with Crippen LogP contribution in [-0.4, -0.2) is 0 Å². The number of hydrogen-bond donors (Lipinski definition) is 0. The highest BCUT2D eigenvalue weighted by Crippen LogP contribution is 2.51. The minimum absolute atomic E-state index is 1.01. The van der Waals surface area contributed by atoms with Crippen molar-refractivity contribution in [1.29, 1.82) is 0 Å². The Labute approximate surface area is 70.4 Å². The third-order valence-corrected chi connectivity index (χ3v) is 4.52. The quantitative estimate of drug-likeness (QED) is 0.499. The van der Waals surface area contributed by atoms with E-state index in [0.29, 0.717) is 0 Å². The largest absolute Gasteiger partial charge is 0.0622 e. The van der Waals surface area contributed by atoms with Gasteiger partial charge < -0.3 is 0 Å². The monoisotopic (exact) mass is 152 g/mol. The molecular weight excluding hydrogens is 132 g/mol. The van der Waals surface area contributed by atoms with Crippen LogP contribution in [0.4, 0.5) is 0 Å². The molecule has 0 saturated heterocycles. The molecule has 3 aliphatic rings. The van der Waals surface area contributed by atoms with Crippen molar-refractivity contribution in [2.45, 2.75) is 40.0 Å². The van der Waals surface area contributed by atoms with Gasteiger partial charge in [-0.2, -0.15) is 0 Å². The number of fused-ring (bicyclic) bond motifs is 3. The first-order valence-electron chi connectivity index (χ1n) is 5.20. The molecule has 0 heteroatoms. The first-order chi connectivity index (χ1) is 5.20. The molecule has 0 aromatic heterocycles. The second kappa shape index (κ2) is 2.50. The van der Waals surface area contributed by atoms with Gasteiger partial charge in [0.05, 0.1) is 0 Å². The van der Waals surface area contributed by atoms with Gasteiger partial charge in [0, 0.05) is 0 Å². The van der Waals surface area contributed by atoms with Gasteiger partial charge in [0.25, 0.3) is 0 Å². The standard InChI is InChI=1S/C11H20/c1-7-6-10-4-5-11(7)9(3)8(10)2/h7-11H,4-6H2,1-3H3. The lowest BCUT2D eigenvalue weighted by Gasteiger charge is -2.49. The van der Waals surface area contributed by atoms with Crippen molar-refractivity contribution >= 4 is 0 Å².